The summed E-state index contributed by atoms with van der Waals surface area (Å²) in [5.74, 6) is 0. The second kappa shape index (κ2) is 4.26. The molecule has 2 rings (SSSR count). The molecule has 3 heteroatoms. The summed E-state index contributed by atoms with van der Waals surface area (Å²) in [7, 11) is 0. The van der Waals surface area contributed by atoms with Gasteiger partial charge < -0.3 is 0 Å². The molecule has 1 aliphatic carbocycles. The molecule has 0 bridgehead atoms. The van der Waals surface area contributed by atoms with Crippen LogP contribution in [-0.2, 0) is 6.42 Å². The van der Waals surface area contributed by atoms with Crippen molar-refractivity contribution in [2.24, 2.45) is 5.41 Å². The van der Waals surface area contributed by atoms with Gasteiger partial charge in [0.1, 0.15) is 0 Å². The first kappa shape index (κ1) is 11.2. The molecule has 78 valence electrons. The molecule has 0 N–H and O–H groups in total. The molecule has 1 aromatic heterocycles. The SMILES string of the molecule is CC1(Cc2ccc(Br)s2)CCC(Br)C1. The van der Waals surface area contributed by atoms with E-state index in [1.165, 1.54) is 34.3 Å². The van der Waals surface area contributed by atoms with Gasteiger partial charge >= 0.3 is 0 Å². The minimum absolute atomic E-state index is 0.526. The maximum Gasteiger partial charge on any atom is 0.0701 e. The minimum atomic E-state index is 0.526. The van der Waals surface area contributed by atoms with Gasteiger partial charge in [0.25, 0.3) is 0 Å². The third-order valence-electron chi connectivity index (χ3n) is 3.01. The lowest BCUT2D eigenvalue weighted by atomic mass is 9.85. The number of hydrogen-bond donors (Lipinski definition) is 0. The number of rotatable bonds is 2. The lowest BCUT2D eigenvalue weighted by Gasteiger charge is -2.22. The van der Waals surface area contributed by atoms with Crippen molar-refractivity contribution in [2.75, 3.05) is 0 Å². The van der Waals surface area contributed by atoms with E-state index in [0.717, 1.165) is 4.83 Å². The summed E-state index contributed by atoms with van der Waals surface area (Å²) in [5, 5.41) is 0. The molecule has 0 spiro atoms. The van der Waals surface area contributed by atoms with Crippen LogP contribution in [0.5, 0.6) is 0 Å². The molecule has 0 nitrogen and oxygen atoms in total. The van der Waals surface area contributed by atoms with Crippen LogP contribution >= 0.6 is 43.2 Å². The topological polar surface area (TPSA) is 0 Å². The van der Waals surface area contributed by atoms with Crippen molar-refractivity contribution >= 4 is 43.2 Å². The Morgan fingerprint density at radius 3 is 2.86 bits per heavy atom. The summed E-state index contributed by atoms with van der Waals surface area (Å²) < 4.78 is 1.25. The van der Waals surface area contributed by atoms with Crippen LogP contribution < -0.4 is 0 Å². The maximum absolute atomic E-state index is 3.73. The Bertz CT molecular complexity index is 321. The Hall–Kier alpha value is 0.660. The van der Waals surface area contributed by atoms with Gasteiger partial charge in [-0.2, -0.15) is 0 Å². The van der Waals surface area contributed by atoms with Crippen LogP contribution in [0.25, 0.3) is 0 Å². The highest BCUT2D eigenvalue weighted by atomic mass is 79.9. The minimum Gasteiger partial charge on any atom is -0.133 e. The van der Waals surface area contributed by atoms with Gasteiger partial charge in [-0.3, -0.25) is 0 Å². The van der Waals surface area contributed by atoms with Crippen molar-refractivity contribution in [3.63, 3.8) is 0 Å². The second-order valence-electron chi connectivity index (χ2n) is 4.53. The fraction of sp³-hybridized carbons (Fsp3) is 0.636. The molecule has 0 aliphatic heterocycles. The van der Waals surface area contributed by atoms with Crippen LogP contribution in [0, 0.1) is 5.41 Å². The van der Waals surface area contributed by atoms with Crippen LogP contribution in [0.4, 0.5) is 0 Å². The third kappa shape index (κ3) is 2.61. The predicted octanol–water partition coefficient (Wildman–Crippen LogP) is 5.01. The second-order valence-corrected chi connectivity index (χ2v) is 8.38. The van der Waals surface area contributed by atoms with Gasteiger partial charge in [0, 0.05) is 9.70 Å². The van der Waals surface area contributed by atoms with E-state index in [1.807, 2.05) is 11.3 Å². The third-order valence-corrected chi connectivity index (χ3v) is 5.41. The standard InChI is InChI=1S/C11H14Br2S/c1-11(5-4-8(12)6-11)7-9-2-3-10(13)14-9/h2-3,8H,4-7H2,1H3. The number of alkyl halides is 1. The van der Waals surface area contributed by atoms with Gasteiger partial charge in [0.15, 0.2) is 0 Å². The van der Waals surface area contributed by atoms with E-state index in [1.54, 1.807) is 0 Å². The summed E-state index contributed by atoms with van der Waals surface area (Å²) >= 11 is 9.12. The fourth-order valence-corrected chi connectivity index (χ4v) is 4.98. The van der Waals surface area contributed by atoms with Crippen molar-refractivity contribution in [1.82, 2.24) is 0 Å². The highest BCUT2D eigenvalue weighted by Gasteiger charge is 2.34. The van der Waals surface area contributed by atoms with Gasteiger partial charge in [-0.25, -0.2) is 0 Å². The smallest absolute Gasteiger partial charge is 0.0701 e. The molecule has 1 aromatic rings. The normalized spacial score (nSPS) is 32.4. The van der Waals surface area contributed by atoms with Crippen molar-refractivity contribution < 1.29 is 0 Å². The summed E-state index contributed by atoms with van der Waals surface area (Å²) in [4.78, 5) is 2.26. The summed E-state index contributed by atoms with van der Waals surface area (Å²) in [5.41, 5.74) is 0.526. The molecule has 2 atom stereocenters. The molecule has 1 aliphatic rings. The molecule has 1 heterocycles. The molecule has 0 radical (unpaired) electrons. The van der Waals surface area contributed by atoms with Crippen molar-refractivity contribution in [3.05, 3.63) is 20.8 Å². The van der Waals surface area contributed by atoms with E-state index in [0.29, 0.717) is 5.41 Å². The average molecular weight is 338 g/mol. The predicted molar refractivity (Wildman–Crippen MR) is 70.4 cm³/mol. The monoisotopic (exact) mass is 336 g/mol. The molecule has 0 saturated heterocycles. The zero-order valence-corrected chi connectivity index (χ0v) is 12.2. The molecular weight excluding hydrogens is 324 g/mol. The zero-order valence-electron chi connectivity index (χ0n) is 8.22. The van der Waals surface area contributed by atoms with Crippen LogP contribution in [-0.4, -0.2) is 4.83 Å². The van der Waals surface area contributed by atoms with E-state index in [4.69, 9.17) is 0 Å². The van der Waals surface area contributed by atoms with E-state index in [-0.39, 0.29) is 0 Å². The Balaban J connectivity index is 2.03. The summed E-state index contributed by atoms with van der Waals surface area (Å²) in [6.45, 7) is 2.42. The first-order valence-electron chi connectivity index (χ1n) is 4.96. The highest BCUT2D eigenvalue weighted by Crippen LogP contribution is 2.44. The van der Waals surface area contributed by atoms with Crippen molar-refractivity contribution in [1.29, 1.82) is 0 Å². The van der Waals surface area contributed by atoms with Crippen molar-refractivity contribution in [2.45, 2.75) is 37.4 Å². The van der Waals surface area contributed by atoms with Crippen LogP contribution in [0.2, 0.25) is 0 Å². The van der Waals surface area contributed by atoms with Gasteiger partial charge in [0.2, 0.25) is 0 Å². The molecular formula is C11H14Br2S. The zero-order chi connectivity index (χ0) is 10.2. The fourth-order valence-electron chi connectivity index (χ4n) is 2.27. The number of thiophene rings is 1. The first-order chi connectivity index (χ1) is 6.57. The average Bonchev–Trinajstić information content (AvgIpc) is 2.60. The summed E-state index contributed by atoms with van der Waals surface area (Å²) in [6.07, 6.45) is 5.26. The molecule has 1 saturated carbocycles. The van der Waals surface area contributed by atoms with E-state index in [9.17, 15) is 0 Å². The molecule has 1 fully saturated rings. The van der Waals surface area contributed by atoms with Gasteiger partial charge in [-0.05, 0) is 59.2 Å². The number of halogens is 2. The Morgan fingerprint density at radius 1 is 1.57 bits per heavy atom. The van der Waals surface area contributed by atoms with E-state index >= 15 is 0 Å². The van der Waals surface area contributed by atoms with E-state index < -0.39 is 0 Å². The maximum atomic E-state index is 3.73. The number of hydrogen-bond acceptors (Lipinski definition) is 1. The Morgan fingerprint density at radius 2 is 2.36 bits per heavy atom. The lowest BCUT2D eigenvalue weighted by Crippen LogP contribution is -2.14. The Labute approximate surface area is 106 Å². The van der Waals surface area contributed by atoms with Gasteiger partial charge in [0.05, 0.1) is 3.79 Å². The van der Waals surface area contributed by atoms with Gasteiger partial charge in [-0.15, -0.1) is 11.3 Å². The van der Waals surface area contributed by atoms with Crippen LogP contribution in [0.15, 0.2) is 15.9 Å². The van der Waals surface area contributed by atoms with Crippen LogP contribution in [0.1, 0.15) is 31.1 Å². The van der Waals surface area contributed by atoms with Gasteiger partial charge in [-0.1, -0.05) is 22.9 Å². The molecule has 14 heavy (non-hydrogen) atoms. The Kier molecular flexibility index (Phi) is 3.40. The molecule has 2 unspecified atom stereocenters. The first-order valence-corrected chi connectivity index (χ1v) is 7.48. The highest BCUT2D eigenvalue weighted by molar-refractivity contribution is 9.11. The van der Waals surface area contributed by atoms with Crippen LogP contribution in [0.3, 0.4) is 0 Å². The molecule has 0 amide bonds. The van der Waals surface area contributed by atoms with E-state index in [2.05, 4.69) is 50.9 Å². The quantitative estimate of drug-likeness (QED) is 0.665. The summed E-state index contributed by atoms with van der Waals surface area (Å²) in [6, 6.07) is 4.41. The van der Waals surface area contributed by atoms with Crippen molar-refractivity contribution in [3.8, 4) is 0 Å². The molecule has 0 aromatic carbocycles. The largest absolute Gasteiger partial charge is 0.133 e. The lowest BCUT2D eigenvalue weighted by molar-refractivity contribution is 0.338.